The molecule has 4 heteroatoms. The Morgan fingerprint density at radius 2 is 1.22 bits per heavy atom. The number of allylic oxidation sites excluding steroid dienone is 2. The third kappa shape index (κ3) is 29.5. The second-order valence-electron chi connectivity index (χ2n) is 5.87. The van der Waals surface area contributed by atoms with Crippen molar-refractivity contribution in [2.24, 2.45) is 0 Å². The molecule has 0 aliphatic rings. The molecule has 0 aliphatic carbocycles. The summed E-state index contributed by atoms with van der Waals surface area (Å²) in [5.41, 5.74) is 2.81. The smallest absolute Gasteiger partial charge is 0.296 e. The van der Waals surface area contributed by atoms with Crippen molar-refractivity contribution in [3.05, 3.63) is 12.2 Å². The van der Waals surface area contributed by atoms with Crippen LogP contribution in [-0.2, 0) is 9.59 Å². The van der Waals surface area contributed by atoms with E-state index in [2.05, 4.69) is 24.8 Å². The van der Waals surface area contributed by atoms with E-state index in [4.69, 9.17) is 4.79 Å². The summed E-state index contributed by atoms with van der Waals surface area (Å²) in [6, 6.07) is 0. The molecule has 1 amide bonds. The van der Waals surface area contributed by atoms with E-state index in [1.165, 1.54) is 64.2 Å². The molecule has 0 aliphatic heterocycles. The molecule has 0 fully saturated rings. The van der Waals surface area contributed by atoms with Gasteiger partial charge in [0.05, 0.1) is 0 Å². The van der Waals surface area contributed by atoms with Crippen LogP contribution in [0.4, 0.5) is 0 Å². The second kappa shape index (κ2) is 23.1. The van der Waals surface area contributed by atoms with Crippen LogP contribution in [0.5, 0.6) is 0 Å². The van der Waals surface area contributed by atoms with E-state index < -0.39 is 5.97 Å². The van der Waals surface area contributed by atoms with Crippen LogP contribution in [0.25, 0.3) is 0 Å². The molecule has 0 unspecified atom stereocenters. The van der Waals surface area contributed by atoms with Crippen LogP contribution in [0.3, 0.4) is 0 Å². The van der Waals surface area contributed by atoms with Gasteiger partial charge in [-0.15, -0.1) is 0 Å². The fourth-order valence-electron chi connectivity index (χ4n) is 2.34. The molecule has 0 heterocycles. The summed E-state index contributed by atoms with van der Waals surface area (Å²) < 4.78 is 0. The Hall–Kier alpha value is -1.16. The quantitative estimate of drug-likeness (QED) is 0.285. The monoisotopic (exact) mass is 327 g/mol. The van der Waals surface area contributed by atoms with Gasteiger partial charge in [0.1, 0.15) is 0 Å². The van der Waals surface area contributed by atoms with Crippen molar-refractivity contribution in [1.82, 2.24) is 0 Å². The number of hydrogen-bond acceptors (Lipinski definition) is 3. The molecular formula is C19H37NO3. The minimum absolute atomic E-state index is 0.220. The lowest BCUT2D eigenvalue weighted by molar-refractivity contribution is -0.305. The van der Waals surface area contributed by atoms with Gasteiger partial charge in [-0.25, -0.2) is 4.79 Å². The highest BCUT2D eigenvalue weighted by atomic mass is 16.4. The molecule has 0 aromatic heterocycles. The summed E-state index contributed by atoms with van der Waals surface area (Å²) in [5.74, 6) is -0.914. The first-order valence-corrected chi connectivity index (χ1v) is 9.26. The predicted octanol–water partition coefficient (Wildman–Crippen LogP) is 3.16. The highest BCUT2D eigenvalue weighted by Gasteiger charge is 1.91. The van der Waals surface area contributed by atoms with Gasteiger partial charge >= 0.3 is 0 Å². The first kappa shape index (κ1) is 24.1. The molecular weight excluding hydrogens is 290 g/mol. The van der Waals surface area contributed by atoms with Gasteiger partial charge in [0.2, 0.25) is 0 Å². The molecule has 0 spiro atoms. The van der Waals surface area contributed by atoms with E-state index in [1.54, 1.807) is 0 Å². The van der Waals surface area contributed by atoms with Crippen molar-refractivity contribution >= 4 is 12.4 Å². The van der Waals surface area contributed by atoms with E-state index in [0.29, 0.717) is 6.41 Å². The molecule has 136 valence electrons. The van der Waals surface area contributed by atoms with Crippen LogP contribution < -0.4 is 10.8 Å². The molecule has 3 N–H and O–H groups in total. The van der Waals surface area contributed by atoms with Gasteiger partial charge in [0.25, 0.3) is 6.41 Å². The highest BCUT2D eigenvalue weighted by molar-refractivity contribution is 5.63. The minimum Gasteiger partial charge on any atom is -0.550 e. The summed E-state index contributed by atoms with van der Waals surface area (Å²) in [7, 11) is 0. The predicted molar refractivity (Wildman–Crippen MR) is 93.4 cm³/mol. The zero-order valence-corrected chi connectivity index (χ0v) is 15.1. The van der Waals surface area contributed by atoms with Crippen molar-refractivity contribution in [3.8, 4) is 0 Å². The van der Waals surface area contributed by atoms with Gasteiger partial charge < -0.3 is 9.90 Å². The van der Waals surface area contributed by atoms with Crippen LogP contribution in [0.15, 0.2) is 12.2 Å². The number of carboxylic acid groups (broad SMARTS) is 1. The molecule has 0 atom stereocenters. The van der Waals surface area contributed by atoms with Crippen LogP contribution >= 0.6 is 0 Å². The first-order valence-electron chi connectivity index (χ1n) is 9.26. The second-order valence-corrected chi connectivity index (χ2v) is 5.87. The maximum Gasteiger partial charge on any atom is 0.296 e. The molecule has 0 saturated carbocycles. The average molecular weight is 328 g/mol. The molecule has 0 saturated heterocycles. The summed E-state index contributed by atoms with van der Waals surface area (Å²) in [4.78, 5) is 18.9. The summed E-state index contributed by atoms with van der Waals surface area (Å²) in [5, 5.41) is 10.2. The molecule has 23 heavy (non-hydrogen) atoms. The van der Waals surface area contributed by atoms with E-state index in [9.17, 15) is 9.90 Å². The number of aliphatic carboxylic acids is 1. The zero-order valence-electron chi connectivity index (χ0n) is 15.1. The van der Waals surface area contributed by atoms with Crippen LogP contribution in [0.1, 0.15) is 96.8 Å². The number of carbonyl (C=O) groups is 2. The van der Waals surface area contributed by atoms with Crippen molar-refractivity contribution in [1.29, 1.82) is 0 Å². The standard InChI is InChI=1S/C18H34O2.CH3NO/c1-2-3-4-5-6-7-8-9-10-11-12-13-14-15-16-17-18(19)20;2-1-3/h9-10H,2-8,11-17H2,1H3,(H,19,20);1H,(H2,2,3)/b10-9-;. The van der Waals surface area contributed by atoms with E-state index in [1.807, 2.05) is 0 Å². The van der Waals surface area contributed by atoms with Crippen LogP contribution in [0.2, 0.25) is 0 Å². The lowest BCUT2D eigenvalue weighted by Crippen LogP contribution is -2.46. The van der Waals surface area contributed by atoms with Crippen molar-refractivity contribution < 1.29 is 20.4 Å². The Labute approximate surface area is 142 Å². The Bertz CT molecular complexity index is 278. The summed E-state index contributed by atoms with van der Waals surface area (Å²) in [6.45, 7) is 2.26. The van der Waals surface area contributed by atoms with Crippen LogP contribution in [0, 0.1) is 0 Å². The van der Waals surface area contributed by atoms with Gasteiger partial charge in [0.15, 0.2) is 0 Å². The molecule has 0 radical (unpaired) electrons. The Morgan fingerprint density at radius 3 is 1.65 bits per heavy atom. The number of quaternary nitrogens is 1. The average Bonchev–Trinajstić information content (AvgIpc) is 2.51. The largest absolute Gasteiger partial charge is 0.550 e. The van der Waals surface area contributed by atoms with Gasteiger partial charge in [-0.3, -0.25) is 5.73 Å². The number of rotatable bonds is 15. The van der Waals surface area contributed by atoms with Crippen molar-refractivity contribution in [2.45, 2.75) is 96.8 Å². The van der Waals surface area contributed by atoms with Gasteiger partial charge in [0, 0.05) is 5.97 Å². The number of hydrogen-bond donors (Lipinski definition) is 1. The van der Waals surface area contributed by atoms with E-state index in [-0.39, 0.29) is 6.42 Å². The maximum absolute atomic E-state index is 10.2. The lowest BCUT2D eigenvalue weighted by atomic mass is 10.1. The van der Waals surface area contributed by atoms with E-state index >= 15 is 0 Å². The normalized spacial score (nSPS) is 10.3. The fourth-order valence-corrected chi connectivity index (χ4v) is 2.34. The van der Waals surface area contributed by atoms with Gasteiger partial charge in [-0.1, -0.05) is 70.4 Å². The maximum atomic E-state index is 10.2. The third-order valence-electron chi connectivity index (χ3n) is 3.64. The lowest BCUT2D eigenvalue weighted by Gasteiger charge is -2.01. The van der Waals surface area contributed by atoms with Gasteiger partial charge in [-0.2, -0.15) is 0 Å². The molecule has 0 aromatic rings. The number of carboxylic acids is 1. The molecule has 4 nitrogen and oxygen atoms in total. The first-order chi connectivity index (χ1) is 11.2. The molecule has 0 aromatic carbocycles. The summed E-state index contributed by atoms with van der Waals surface area (Å²) >= 11 is 0. The SMILES string of the molecule is CCCCCCCC/C=C\CCCCCCCC(=O)[O-].[NH3+]C=O. The highest BCUT2D eigenvalue weighted by Crippen LogP contribution is 2.09. The number of amides is 1. The van der Waals surface area contributed by atoms with E-state index in [0.717, 1.165) is 19.3 Å². The Morgan fingerprint density at radius 1 is 0.826 bits per heavy atom. The molecule has 0 rings (SSSR count). The van der Waals surface area contributed by atoms with Crippen molar-refractivity contribution in [3.63, 3.8) is 0 Å². The third-order valence-corrected chi connectivity index (χ3v) is 3.64. The Kier molecular flexibility index (Phi) is 24.2. The number of unbranched alkanes of at least 4 members (excludes halogenated alkanes) is 11. The topological polar surface area (TPSA) is 84.8 Å². The Balaban J connectivity index is 0. The zero-order chi connectivity index (χ0) is 17.6. The van der Waals surface area contributed by atoms with Crippen LogP contribution in [-0.4, -0.2) is 12.4 Å². The van der Waals surface area contributed by atoms with Gasteiger partial charge in [-0.05, 0) is 38.5 Å². The molecule has 0 bridgehead atoms. The van der Waals surface area contributed by atoms with Crippen molar-refractivity contribution in [2.75, 3.05) is 0 Å². The fraction of sp³-hybridized carbons (Fsp3) is 0.789. The summed E-state index contributed by atoms with van der Waals surface area (Å²) in [6.07, 6.45) is 21.4. The number of carbonyl (C=O) groups excluding carboxylic acids is 2. The minimum atomic E-state index is -0.914.